The summed E-state index contributed by atoms with van der Waals surface area (Å²) in [5.41, 5.74) is 2.07. The van der Waals surface area contributed by atoms with E-state index >= 15 is 0 Å². The third-order valence-corrected chi connectivity index (χ3v) is 5.14. The van der Waals surface area contributed by atoms with Crippen molar-refractivity contribution in [1.82, 2.24) is 14.5 Å². The van der Waals surface area contributed by atoms with E-state index in [1.54, 1.807) is 29.0 Å². The Morgan fingerprint density at radius 3 is 2.67 bits per heavy atom. The Kier molecular flexibility index (Phi) is 4.77. The maximum absolute atomic E-state index is 13.0. The first-order chi connectivity index (χ1) is 13.2. The topological polar surface area (TPSA) is 60.9 Å². The first kappa shape index (κ1) is 17.5. The highest BCUT2D eigenvalue weighted by atomic mass is 32.2. The van der Waals surface area contributed by atoms with Crippen molar-refractivity contribution < 1.29 is 8.81 Å². The van der Waals surface area contributed by atoms with E-state index in [2.05, 4.69) is 9.97 Å². The standard InChI is InChI=1S/C20H16FN3O2S/c1-2-24-19(25)16-5-3-4-6-17(16)23-20(24)27-12-15-11-26-18(22-15)13-7-9-14(21)10-8-13/h3-11H,2,12H2,1H3. The largest absolute Gasteiger partial charge is 0.444 e. The van der Waals surface area contributed by atoms with Crippen LogP contribution in [0.4, 0.5) is 4.39 Å². The SMILES string of the molecule is CCn1c(SCc2coc(-c3ccc(F)cc3)n2)nc2ccccc2c1=O. The quantitative estimate of drug-likeness (QED) is 0.376. The van der Waals surface area contributed by atoms with E-state index in [4.69, 9.17) is 4.42 Å². The Hall–Kier alpha value is -2.93. The summed E-state index contributed by atoms with van der Waals surface area (Å²) in [7, 11) is 0. The number of oxazole rings is 1. The summed E-state index contributed by atoms with van der Waals surface area (Å²) < 4.78 is 20.2. The molecule has 0 radical (unpaired) electrons. The van der Waals surface area contributed by atoms with Gasteiger partial charge in [-0.05, 0) is 43.3 Å². The van der Waals surface area contributed by atoms with Crippen LogP contribution in [0, 0.1) is 5.82 Å². The van der Waals surface area contributed by atoms with Gasteiger partial charge in [0.05, 0.1) is 16.6 Å². The zero-order valence-corrected chi connectivity index (χ0v) is 15.4. The summed E-state index contributed by atoms with van der Waals surface area (Å²) in [6.45, 7) is 2.46. The molecule has 7 heteroatoms. The van der Waals surface area contributed by atoms with Crippen LogP contribution in [0.5, 0.6) is 0 Å². The lowest BCUT2D eigenvalue weighted by molar-refractivity contribution is 0.572. The number of aromatic nitrogens is 3. The minimum atomic E-state index is -0.305. The van der Waals surface area contributed by atoms with E-state index in [1.165, 1.54) is 23.9 Å². The Morgan fingerprint density at radius 2 is 1.89 bits per heavy atom. The van der Waals surface area contributed by atoms with Crippen LogP contribution in [0.2, 0.25) is 0 Å². The summed E-state index contributed by atoms with van der Waals surface area (Å²) in [5, 5.41) is 1.26. The average Bonchev–Trinajstić information content (AvgIpc) is 3.16. The molecule has 2 aromatic carbocycles. The molecular weight excluding hydrogens is 365 g/mol. The van der Waals surface area contributed by atoms with Crippen molar-refractivity contribution in [3.8, 4) is 11.5 Å². The molecule has 0 amide bonds. The maximum atomic E-state index is 13.0. The zero-order chi connectivity index (χ0) is 18.8. The fourth-order valence-corrected chi connectivity index (χ4v) is 3.71. The molecule has 4 aromatic rings. The van der Waals surface area contributed by atoms with Gasteiger partial charge in [-0.25, -0.2) is 14.4 Å². The molecule has 2 heterocycles. The summed E-state index contributed by atoms with van der Waals surface area (Å²) in [5.74, 6) is 0.640. The van der Waals surface area contributed by atoms with Gasteiger partial charge in [0.1, 0.15) is 12.1 Å². The first-order valence-electron chi connectivity index (χ1n) is 8.48. The lowest BCUT2D eigenvalue weighted by Gasteiger charge is -2.10. The predicted molar refractivity (Wildman–Crippen MR) is 103 cm³/mol. The number of rotatable bonds is 5. The average molecular weight is 381 g/mol. The van der Waals surface area contributed by atoms with Crippen molar-refractivity contribution >= 4 is 22.7 Å². The number of benzene rings is 2. The first-order valence-corrected chi connectivity index (χ1v) is 9.47. The zero-order valence-electron chi connectivity index (χ0n) is 14.6. The molecule has 0 saturated heterocycles. The van der Waals surface area contributed by atoms with Crippen molar-refractivity contribution in [2.45, 2.75) is 24.4 Å². The van der Waals surface area contributed by atoms with Crippen LogP contribution in [0.25, 0.3) is 22.4 Å². The molecule has 4 rings (SSSR count). The number of thioether (sulfide) groups is 1. The summed E-state index contributed by atoms with van der Waals surface area (Å²) in [4.78, 5) is 21.7. The smallest absolute Gasteiger partial charge is 0.262 e. The van der Waals surface area contributed by atoms with Gasteiger partial charge in [-0.15, -0.1) is 0 Å². The minimum Gasteiger partial charge on any atom is -0.444 e. The predicted octanol–water partition coefficient (Wildman–Crippen LogP) is 4.50. The molecule has 0 fully saturated rings. The maximum Gasteiger partial charge on any atom is 0.262 e. The van der Waals surface area contributed by atoms with Crippen molar-refractivity contribution in [2.75, 3.05) is 0 Å². The Bertz CT molecular complexity index is 1150. The highest BCUT2D eigenvalue weighted by Crippen LogP contribution is 2.24. The van der Waals surface area contributed by atoms with Gasteiger partial charge in [0.25, 0.3) is 5.56 Å². The molecule has 136 valence electrons. The van der Waals surface area contributed by atoms with Crippen LogP contribution in [0.3, 0.4) is 0 Å². The molecule has 0 unspecified atom stereocenters. The molecule has 0 saturated carbocycles. The lowest BCUT2D eigenvalue weighted by atomic mass is 10.2. The molecule has 0 bridgehead atoms. The van der Waals surface area contributed by atoms with Crippen LogP contribution >= 0.6 is 11.8 Å². The van der Waals surface area contributed by atoms with Gasteiger partial charge in [-0.2, -0.15) is 0 Å². The number of halogens is 1. The second-order valence-electron chi connectivity index (χ2n) is 5.90. The van der Waals surface area contributed by atoms with Gasteiger partial charge in [-0.1, -0.05) is 23.9 Å². The van der Waals surface area contributed by atoms with Crippen molar-refractivity contribution in [2.24, 2.45) is 0 Å². The number of nitrogens with zero attached hydrogens (tertiary/aromatic N) is 3. The monoisotopic (exact) mass is 381 g/mol. The molecule has 0 aliphatic heterocycles. The molecule has 0 aliphatic rings. The third kappa shape index (κ3) is 3.50. The van der Waals surface area contributed by atoms with E-state index in [9.17, 15) is 9.18 Å². The van der Waals surface area contributed by atoms with Crippen LogP contribution in [-0.4, -0.2) is 14.5 Å². The summed E-state index contributed by atoms with van der Waals surface area (Å²) in [6.07, 6.45) is 1.57. The van der Waals surface area contributed by atoms with Crippen molar-refractivity contribution in [3.05, 3.63) is 76.7 Å². The lowest BCUT2D eigenvalue weighted by Crippen LogP contribution is -2.22. The van der Waals surface area contributed by atoms with Crippen molar-refractivity contribution in [1.29, 1.82) is 0 Å². The Labute approximate surface area is 158 Å². The molecule has 0 aliphatic carbocycles. The number of hydrogen-bond donors (Lipinski definition) is 0. The summed E-state index contributed by atoms with van der Waals surface area (Å²) in [6, 6.07) is 13.3. The molecule has 5 nitrogen and oxygen atoms in total. The van der Waals surface area contributed by atoms with Crippen LogP contribution in [-0.2, 0) is 12.3 Å². The fourth-order valence-electron chi connectivity index (χ4n) is 2.77. The van der Waals surface area contributed by atoms with Gasteiger partial charge >= 0.3 is 0 Å². The van der Waals surface area contributed by atoms with Crippen LogP contribution < -0.4 is 5.56 Å². The van der Waals surface area contributed by atoms with Gasteiger partial charge in [0, 0.05) is 17.9 Å². The van der Waals surface area contributed by atoms with Crippen LogP contribution in [0.15, 0.2) is 69.2 Å². The van der Waals surface area contributed by atoms with Gasteiger partial charge < -0.3 is 4.42 Å². The highest BCUT2D eigenvalue weighted by Gasteiger charge is 2.12. The molecule has 27 heavy (non-hydrogen) atoms. The Morgan fingerprint density at radius 1 is 1.11 bits per heavy atom. The highest BCUT2D eigenvalue weighted by molar-refractivity contribution is 7.98. The van der Waals surface area contributed by atoms with Gasteiger partial charge in [-0.3, -0.25) is 9.36 Å². The molecule has 2 aromatic heterocycles. The Balaban J connectivity index is 1.59. The minimum absolute atomic E-state index is 0.0437. The van der Waals surface area contributed by atoms with Gasteiger partial charge in [0.2, 0.25) is 5.89 Å². The fraction of sp³-hybridized carbons (Fsp3) is 0.150. The molecule has 0 atom stereocenters. The van der Waals surface area contributed by atoms with E-state index in [-0.39, 0.29) is 11.4 Å². The second-order valence-corrected chi connectivity index (χ2v) is 6.84. The molecular formula is C20H16FN3O2S. The van der Waals surface area contributed by atoms with E-state index in [1.807, 2.05) is 25.1 Å². The van der Waals surface area contributed by atoms with E-state index < -0.39 is 0 Å². The van der Waals surface area contributed by atoms with Gasteiger partial charge in [0.15, 0.2) is 5.16 Å². The molecule has 0 N–H and O–H groups in total. The van der Waals surface area contributed by atoms with E-state index in [0.29, 0.717) is 39.8 Å². The normalized spacial score (nSPS) is 11.2. The summed E-state index contributed by atoms with van der Waals surface area (Å²) >= 11 is 1.43. The van der Waals surface area contributed by atoms with Crippen LogP contribution in [0.1, 0.15) is 12.6 Å². The number of para-hydroxylation sites is 1. The van der Waals surface area contributed by atoms with E-state index in [0.717, 1.165) is 5.69 Å². The second kappa shape index (κ2) is 7.36. The third-order valence-electron chi connectivity index (χ3n) is 4.13. The number of hydrogen-bond acceptors (Lipinski definition) is 5. The number of fused-ring (bicyclic) bond motifs is 1. The molecule has 0 spiro atoms. The van der Waals surface area contributed by atoms with Crippen molar-refractivity contribution in [3.63, 3.8) is 0 Å².